The molecule has 0 aliphatic rings. The van der Waals surface area contributed by atoms with Crippen LogP contribution in [-0.4, -0.2) is 14.7 Å². The second kappa shape index (κ2) is 5.29. The van der Waals surface area contributed by atoms with Crippen LogP contribution in [0, 0.1) is 0 Å². The predicted molar refractivity (Wildman–Crippen MR) is 57.9 cm³/mol. The monoisotopic (exact) mass is 283 g/mol. The zero-order chi connectivity index (χ0) is 13.1. The van der Waals surface area contributed by atoms with Gasteiger partial charge in [0.25, 0.3) is 0 Å². The highest BCUT2D eigenvalue weighted by Gasteiger charge is 2.33. The zero-order valence-corrected chi connectivity index (χ0v) is 10.3. The number of benzene rings is 1. The van der Waals surface area contributed by atoms with Gasteiger partial charge in [0.1, 0.15) is 5.75 Å². The van der Waals surface area contributed by atoms with Gasteiger partial charge in [-0.15, -0.1) is 0 Å². The molecule has 0 heterocycles. The molecular formula is C7H11NO7P2. The largest absolute Gasteiger partial charge is 0.536 e. The minimum absolute atomic E-state index is 0.0681. The van der Waals surface area contributed by atoms with Gasteiger partial charge in [-0.1, -0.05) is 12.1 Å². The molecule has 1 aromatic rings. The summed E-state index contributed by atoms with van der Waals surface area (Å²) >= 11 is 0. The van der Waals surface area contributed by atoms with Crippen molar-refractivity contribution in [1.82, 2.24) is 0 Å². The van der Waals surface area contributed by atoms with Crippen molar-refractivity contribution in [2.75, 3.05) is 0 Å². The Bertz CT molecular complexity index is 468. The van der Waals surface area contributed by atoms with Gasteiger partial charge in [-0.3, -0.25) is 4.89 Å². The molecule has 0 aliphatic carbocycles. The lowest BCUT2D eigenvalue weighted by atomic mass is 10.2. The third-order valence-electron chi connectivity index (χ3n) is 1.59. The normalized spacial score (nSPS) is 15.3. The standard InChI is InChI=1S/C7H11NO7P2/c8-5-6-1-3-7(4-2-6)14-17(12,13)15-16(9,10)11/h1-4H,5,8H2,(H,12,13)(H2,9,10,11). The molecular weight excluding hydrogens is 272 g/mol. The maximum Gasteiger partial charge on any atom is 0.536 e. The van der Waals surface area contributed by atoms with Gasteiger partial charge < -0.3 is 20.0 Å². The molecule has 0 radical (unpaired) electrons. The minimum atomic E-state index is -5.10. The number of phosphoric acid groups is 2. The molecule has 1 atom stereocenters. The van der Waals surface area contributed by atoms with E-state index < -0.39 is 15.6 Å². The first kappa shape index (κ1) is 14.3. The van der Waals surface area contributed by atoms with Gasteiger partial charge in [0.05, 0.1) is 0 Å². The lowest BCUT2D eigenvalue weighted by molar-refractivity contribution is 0.229. The van der Waals surface area contributed by atoms with Crippen molar-refractivity contribution in [2.24, 2.45) is 5.73 Å². The van der Waals surface area contributed by atoms with Crippen molar-refractivity contribution in [3.63, 3.8) is 0 Å². The average molecular weight is 283 g/mol. The van der Waals surface area contributed by atoms with Gasteiger partial charge >= 0.3 is 15.6 Å². The highest BCUT2D eigenvalue weighted by molar-refractivity contribution is 7.60. The molecule has 1 aromatic carbocycles. The van der Waals surface area contributed by atoms with Crippen LogP contribution in [0.15, 0.2) is 24.3 Å². The Labute approximate surface area is 96.8 Å². The van der Waals surface area contributed by atoms with Gasteiger partial charge in [-0.25, -0.2) is 9.13 Å². The van der Waals surface area contributed by atoms with Crippen LogP contribution < -0.4 is 10.3 Å². The summed E-state index contributed by atoms with van der Waals surface area (Å²) in [7, 11) is -9.95. The van der Waals surface area contributed by atoms with Crippen LogP contribution in [0.1, 0.15) is 5.56 Å². The fraction of sp³-hybridized carbons (Fsp3) is 0.143. The summed E-state index contributed by atoms with van der Waals surface area (Å²) in [6, 6.07) is 5.72. The van der Waals surface area contributed by atoms with Crippen molar-refractivity contribution in [1.29, 1.82) is 0 Å². The summed E-state index contributed by atoms with van der Waals surface area (Å²) in [4.78, 5) is 25.8. The molecule has 0 aromatic heterocycles. The fourth-order valence-electron chi connectivity index (χ4n) is 0.971. The summed E-state index contributed by atoms with van der Waals surface area (Å²) in [5.74, 6) is -0.0681. The molecule has 10 heteroatoms. The van der Waals surface area contributed by atoms with Crippen LogP contribution in [0.25, 0.3) is 0 Å². The van der Waals surface area contributed by atoms with E-state index in [1.807, 2.05) is 0 Å². The van der Waals surface area contributed by atoms with Crippen LogP contribution >= 0.6 is 15.6 Å². The maximum absolute atomic E-state index is 11.1. The van der Waals surface area contributed by atoms with Gasteiger partial charge in [0.2, 0.25) is 0 Å². The Morgan fingerprint density at radius 2 is 1.65 bits per heavy atom. The summed E-state index contributed by atoms with van der Waals surface area (Å²) in [5.41, 5.74) is 6.10. The van der Waals surface area contributed by atoms with Crippen molar-refractivity contribution in [3.05, 3.63) is 29.8 Å². The second-order valence-corrected chi connectivity index (χ2v) is 5.73. The quantitative estimate of drug-likeness (QED) is 0.580. The Kier molecular flexibility index (Phi) is 4.46. The molecule has 5 N–H and O–H groups in total. The second-order valence-electron chi connectivity index (χ2n) is 2.98. The molecule has 1 unspecified atom stereocenters. The van der Waals surface area contributed by atoms with Gasteiger partial charge in [-0.2, -0.15) is 4.31 Å². The van der Waals surface area contributed by atoms with E-state index in [1.54, 1.807) is 0 Å². The van der Waals surface area contributed by atoms with E-state index in [1.165, 1.54) is 24.3 Å². The summed E-state index contributed by atoms with van der Waals surface area (Å²) < 4.78 is 29.6. The van der Waals surface area contributed by atoms with Crippen molar-refractivity contribution < 1.29 is 32.6 Å². The third-order valence-corrected chi connectivity index (χ3v) is 3.71. The lowest BCUT2D eigenvalue weighted by Gasteiger charge is -2.13. The molecule has 96 valence electrons. The van der Waals surface area contributed by atoms with Crippen LogP contribution in [0.2, 0.25) is 0 Å². The van der Waals surface area contributed by atoms with Crippen LogP contribution in [-0.2, 0) is 20.0 Å². The lowest BCUT2D eigenvalue weighted by Crippen LogP contribution is -1.98. The van der Waals surface area contributed by atoms with Gasteiger partial charge in [0, 0.05) is 6.54 Å². The molecule has 0 bridgehead atoms. The van der Waals surface area contributed by atoms with Crippen molar-refractivity contribution >= 4 is 15.6 Å². The Hall–Kier alpha value is -0.720. The first-order chi connectivity index (χ1) is 7.72. The van der Waals surface area contributed by atoms with E-state index in [2.05, 4.69) is 8.83 Å². The van der Waals surface area contributed by atoms with E-state index in [0.29, 0.717) is 0 Å². The third kappa shape index (κ3) is 5.43. The molecule has 0 fully saturated rings. The minimum Gasteiger partial charge on any atom is -0.404 e. The zero-order valence-electron chi connectivity index (χ0n) is 8.46. The van der Waals surface area contributed by atoms with E-state index in [9.17, 15) is 9.13 Å². The summed E-state index contributed by atoms with van der Waals surface area (Å²) in [6.45, 7) is 0.288. The molecule has 17 heavy (non-hydrogen) atoms. The Morgan fingerprint density at radius 1 is 1.12 bits per heavy atom. The molecule has 0 spiro atoms. The smallest absolute Gasteiger partial charge is 0.404 e. The molecule has 0 amide bonds. The highest BCUT2D eigenvalue weighted by atomic mass is 31.3. The first-order valence-corrected chi connectivity index (χ1v) is 7.33. The van der Waals surface area contributed by atoms with Gasteiger partial charge in [-0.05, 0) is 17.7 Å². The SMILES string of the molecule is NCc1ccc(OP(=O)(O)OP(=O)(O)O)cc1. The molecule has 1 rings (SSSR count). The van der Waals surface area contributed by atoms with Crippen LogP contribution in [0.4, 0.5) is 0 Å². The molecule has 0 saturated heterocycles. The number of nitrogens with two attached hydrogens (primary N) is 1. The highest BCUT2D eigenvalue weighted by Crippen LogP contribution is 2.57. The average Bonchev–Trinajstić information content (AvgIpc) is 2.14. The summed E-state index contributed by atoms with van der Waals surface area (Å²) in [6.07, 6.45) is 0. The number of phosphoric ester groups is 1. The molecule has 0 aliphatic heterocycles. The van der Waals surface area contributed by atoms with Crippen LogP contribution in [0.5, 0.6) is 5.75 Å². The Balaban J connectivity index is 2.76. The number of rotatable bonds is 5. The van der Waals surface area contributed by atoms with Crippen molar-refractivity contribution in [2.45, 2.75) is 6.54 Å². The molecule has 0 saturated carbocycles. The van der Waals surface area contributed by atoms with Gasteiger partial charge in [0.15, 0.2) is 0 Å². The predicted octanol–water partition coefficient (Wildman–Crippen LogP) is 0.734. The van der Waals surface area contributed by atoms with E-state index in [0.717, 1.165) is 5.56 Å². The van der Waals surface area contributed by atoms with E-state index in [4.69, 9.17) is 20.4 Å². The number of hydrogen-bond donors (Lipinski definition) is 4. The first-order valence-electron chi connectivity index (χ1n) is 4.30. The topological polar surface area (TPSA) is 139 Å². The Morgan fingerprint density at radius 3 is 2.06 bits per heavy atom. The maximum atomic E-state index is 11.1. The molecule has 8 nitrogen and oxygen atoms in total. The summed E-state index contributed by atoms with van der Waals surface area (Å²) in [5, 5.41) is 0. The van der Waals surface area contributed by atoms with E-state index >= 15 is 0 Å². The van der Waals surface area contributed by atoms with E-state index in [-0.39, 0.29) is 12.3 Å². The van der Waals surface area contributed by atoms with Crippen LogP contribution in [0.3, 0.4) is 0 Å². The number of hydrogen-bond acceptors (Lipinski definition) is 5. The fourth-order valence-corrected chi connectivity index (χ4v) is 2.57. The van der Waals surface area contributed by atoms with Crippen molar-refractivity contribution in [3.8, 4) is 5.75 Å².